The molecule has 2 heterocycles. The molecule has 0 saturated carbocycles. The van der Waals surface area contributed by atoms with Gasteiger partial charge in [-0.05, 0) is 25.7 Å². The van der Waals surface area contributed by atoms with E-state index in [0.717, 1.165) is 19.3 Å². The highest BCUT2D eigenvalue weighted by molar-refractivity contribution is 7.86. The Hall–Kier alpha value is -0.420. The van der Waals surface area contributed by atoms with Crippen LogP contribution in [0.4, 0.5) is 0 Å². The van der Waals surface area contributed by atoms with Crippen molar-refractivity contribution < 1.29 is 13.7 Å². The van der Waals surface area contributed by atoms with Crippen molar-refractivity contribution in [3.05, 3.63) is 0 Å². The number of ether oxygens (including phenoxy) is 1. The van der Waals surface area contributed by atoms with Gasteiger partial charge < -0.3 is 10.5 Å². The molecule has 2 N–H and O–H groups in total. The lowest BCUT2D eigenvalue weighted by molar-refractivity contribution is -0.148. The lowest BCUT2D eigenvalue weighted by atomic mass is 9.83. The maximum Gasteiger partial charge on any atom is 0.325 e. The number of hydrogen-bond acceptors (Lipinski definition) is 4. The molecule has 86 valence electrons. The van der Waals surface area contributed by atoms with Gasteiger partial charge in [0.15, 0.2) is 0 Å². The van der Waals surface area contributed by atoms with Crippen LogP contribution in [0.2, 0.25) is 0 Å². The van der Waals surface area contributed by atoms with E-state index in [-0.39, 0.29) is 16.5 Å². The van der Waals surface area contributed by atoms with Crippen LogP contribution in [0.3, 0.4) is 0 Å². The van der Waals surface area contributed by atoms with Gasteiger partial charge in [-0.3, -0.25) is 9.00 Å². The molecular formula is C10H17NO3S. The van der Waals surface area contributed by atoms with Gasteiger partial charge in [-0.1, -0.05) is 6.42 Å². The summed E-state index contributed by atoms with van der Waals surface area (Å²) in [4.78, 5) is 11.6. The summed E-state index contributed by atoms with van der Waals surface area (Å²) >= 11 is 0. The lowest BCUT2D eigenvalue weighted by Crippen LogP contribution is -2.59. The Labute approximate surface area is 92.0 Å². The largest absolute Gasteiger partial charge is 0.468 e. The molecule has 0 radical (unpaired) electrons. The number of methoxy groups -OCH3 is 1. The summed E-state index contributed by atoms with van der Waals surface area (Å²) in [5, 5.41) is 0.197. The number of carbonyl (C=O) groups excluding carboxylic acids is 1. The van der Waals surface area contributed by atoms with E-state index in [1.54, 1.807) is 0 Å². The van der Waals surface area contributed by atoms with Crippen molar-refractivity contribution in [3.8, 4) is 0 Å². The van der Waals surface area contributed by atoms with Crippen LogP contribution in [-0.2, 0) is 20.3 Å². The molecule has 5 heteroatoms. The van der Waals surface area contributed by atoms with Crippen molar-refractivity contribution >= 4 is 16.8 Å². The van der Waals surface area contributed by atoms with Crippen LogP contribution in [-0.4, -0.2) is 33.3 Å². The topological polar surface area (TPSA) is 69.4 Å². The Balaban J connectivity index is 2.19. The van der Waals surface area contributed by atoms with Crippen LogP contribution < -0.4 is 5.73 Å². The third-order valence-corrected chi connectivity index (χ3v) is 5.60. The first kappa shape index (κ1) is 11.1. The van der Waals surface area contributed by atoms with Crippen LogP contribution in [0.25, 0.3) is 0 Å². The molecule has 2 rings (SSSR count). The molecule has 0 aromatic rings. The molecular weight excluding hydrogens is 214 g/mol. The standard InChI is InChI=1S/C10H17NO3S/c1-14-9(12)10(11)5-7-3-2-4-8(6-10)15(7)13/h7-8H,2-6,11H2,1H3. The maximum absolute atomic E-state index is 11.9. The second kappa shape index (κ2) is 3.87. The monoisotopic (exact) mass is 231 g/mol. The summed E-state index contributed by atoms with van der Waals surface area (Å²) in [6, 6.07) is 0. The molecule has 2 fully saturated rings. The van der Waals surface area contributed by atoms with Crippen LogP contribution in [0, 0.1) is 0 Å². The smallest absolute Gasteiger partial charge is 0.325 e. The molecule has 0 amide bonds. The fraction of sp³-hybridized carbons (Fsp3) is 0.900. The van der Waals surface area contributed by atoms with E-state index < -0.39 is 16.3 Å². The summed E-state index contributed by atoms with van der Waals surface area (Å²) < 4.78 is 16.6. The van der Waals surface area contributed by atoms with E-state index in [4.69, 9.17) is 10.5 Å². The Morgan fingerprint density at radius 1 is 1.40 bits per heavy atom. The van der Waals surface area contributed by atoms with Gasteiger partial charge in [0.25, 0.3) is 0 Å². The van der Waals surface area contributed by atoms with Crippen molar-refractivity contribution in [2.45, 2.75) is 48.1 Å². The van der Waals surface area contributed by atoms with Crippen LogP contribution in [0.5, 0.6) is 0 Å². The highest BCUT2D eigenvalue weighted by Gasteiger charge is 2.49. The number of esters is 1. The third kappa shape index (κ3) is 1.83. The van der Waals surface area contributed by atoms with E-state index in [2.05, 4.69) is 0 Å². The summed E-state index contributed by atoms with van der Waals surface area (Å²) in [6.07, 6.45) is 4.00. The van der Waals surface area contributed by atoms with Gasteiger partial charge in [0.2, 0.25) is 0 Å². The predicted molar refractivity (Wildman–Crippen MR) is 57.7 cm³/mol. The van der Waals surface area contributed by atoms with Crippen molar-refractivity contribution in [3.63, 3.8) is 0 Å². The van der Waals surface area contributed by atoms with Crippen LogP contribution >= 0.6 is 0 Å². The van der Waals surface area contributed by atoms with Crippen LogP contribution in [0.1, 0.15) is 32.1 Å². The minimum absolute atomic E-state index is 0.0987. The highest BCUT2D eigenvalue weighted by atomic mass is 32.2. The molecule has 2 bridgehead atoms. The van der Waals surface area contributed by atoms with Gasteiger partial charge in [-0.2, -0.15) is 0 Å². The van der Waals surface area contributed by atoms with Gasteiger partial charge in [0, 0.05) is 21.3 Å². The second-order valence-electron chi connectivity index (χ2n) is 4.56. The number of rotatable bonds is 1. The van der Waals surface area contributed by atoms with Gasteiger partial charge in [-0.25, -0.2) is 0 Å². The maximum atomic E-state index is 11.9. The second-order valence-corrected chi connectivity index (χ2v) is 6.55. The summed E-state index contributed by atoms with van der Waals surface area (Å²) in [5.74, 6) is -0.351. The molecule has 2 aliphatic heterocycles. The Kier molecular flexibility index (Phi) is 2.85. The summed E-state index contributed by atoms with van der Waals surface area (Å²) in [6.45, 7) is 0. The number of hydrogen-bond donors (Lipinski definition) is 1. The van der Waals surface area contributed by atoms with E-state index in [1.807, 2.05) is 0 Å². The summed E-state index contributed by atoms with van der Waals surface area (Å²) in [7, 11) is 0.571. The number of carbonyl (C=O) groups is 1. The van der Waals surface area contributed by atoms with Crippen molar-refractivity contribution in [1.29, 1.82) is 0 Å². The van der Waals surface area contributed by atoms with E-state index >= 15 is 0 Å². The normalized spacial score (nSPS) is 44.8. The minimum atomic E-state index is -0.890. The third-order valence-electron chi connectivity index (χ3n) is 3.49. The minimum Gasteiger partial charge on any atom is -0.468 e. The van der Waals surface area contributed by atoms with E-state index in [0.29, 0.717) is 12.8 Å². The van der Waals surface area contributed by atoms with E-state index in [1.165, 1.54) is 7.11 Å². The molecule has 2 saturated heterocycles. The van der Waals surface area contributed by atoms with Gasteiger partial charge in [0.05, 0.1) is 7.11 Å². The molecule has 0 aromatic carbocycles. The van der Waals surface area contributed by atoms with Gasteiger partial charge in [-0.15, -0.1) is 0 Å². The molecule has 0 aromatic heterocycles. The fourth-order valence-corrected chi connectivity index (χ4v) is 4.98. The van der Waals surface area contributed by atoms with Gasteiger partial charge in [0.1, 0.15) is 5.54 Å². The summed E-state index contributed by atoms with van der Waals surface area (Å²) in [5.41, 5.74) is 5.17. The molecule has 2 unspecified atom stereocenters. The zero-order valence-electron chi connectivity index (χ0n) is 8.90. The number of fused-ring (bicyclic) bond motifs is 2. The molecule has 0 aliphatic carbocycles. The zero-order valence-corrected chi connectivity index (χ0v) is 9.72. The van der Waals surface area contributed by atoms with Crippen LogP contribution in [0.15, 0.2) is 0 Å². The quantitative estimate of drug-likeness (QED) is 0.660. The molecule has 15 heavy (non-hydrogen) atoms. The Morgan fingerprint density at radius 2 is 1.93 bits per heavy atom. The van der Waals surface area contributed by atoms with Crippen molar-refractivity contribution in [2.75, 3.05) is 7.11 Å². The van der Waals surface area contributed by atoms with Crippen molar-refractivity contribution in [2.24, 2.45) is 5.73 Å². The fourth-order valence-electron chi connectivity index (χ4n) is 2.71. The Bertz CT molecular complexity index is 289. The molecule has 0 spiro atoms. The van der Waals surface area contributed by atoms with E-state index in [9.17, 15) is 9.00 Å². The van der Waals surface area contributed by atoms with Gasteiger partial charge >= 0.3 is 5.97 Å². The lowest BCUT2D eigenvalue weighted by Gasteiger charge is -2.42. The SMILES string of the molecule is COC(=O)C1(N)CC2CCCC(C1)S2=O. The Morgan fingerprint density at radius 3 is 2.40 bits per heavy atom. The first-order chi connectivity index (χ1) is 7.07. The van der Waals surface area contributed by atoms with Crippen molar-refractivity contribution in [1.82, 2.24) is 0 Å². The number of nitrogens with two attached hydrogens (primary N) is 1. The first-order valence-corrected chi connectivity index (χ1v) is 6.61. The zero-order chi connectivity index (χ0) is 11.1. The average molecular weight is 231 g/mol. The first-order valence-electron chi connectivity index (χ1n) is 5.33. The highest BCUT2D eigenvalue weighted by Crippen LogP contribution is 2.38. The predicted octanol–water partition coefficient (Wildman–Crippen LogP) is 0.320. The molecule has 2 atom stereocenters. The molecule has 4 nitrogen and oxygen atoms in total. The molecule has 2 aliphatic rings. The average Bonchev–Trinajstić information content (AvgIpc) is 2.19.